The number of piperidine rings is 1. The van der Waals surface area contributed by atoms with Gasteiger partial charge in [0.15, 0.2) is 0 Å². The lowest BCUT2D eigenvalue weighted by atomic mass is 9.92. The van der Waals surface area contributed by atoms with Gasteiger partial charge in [-0.3, -0.25) is 14.0 Å². The number of aryl methyl sites for hydroxylation is 1. The van der Waals surface area contributed by atoms with Gasteiger partial charge in [0.2, 0.25) is 5.91 Å². The van der Waals surface area contributed by atoms with Crippen molar-refractivity contribution in [3.63, 3.8) is 0 Å². The summed E-state index contributed by atoms with van der Waals surface area (Å²) >= 11 is 1.60. The molecule has 0 spiro atoms. The Labute approximate surface area is 149 Å². The second kappa shape index (κ2) is 5.98. The molecule has 0 unspecified atom stereocenters. The van der Waals surface area contributed by atoms with E-state index in [1.165, 1.54) is 4.68 Å². The maximum Gasteiger partial charge on any atom is 0.291 e. The molecule has 4 rings (SSSR count). The predicted octanol–water partition coefficient (Wildman–Crippen LogP) is 2.52. The molecule has 132 valence electrons. The summed E-state index contributed by atoms with van der Waals surface area (Å²) in [4.78, 5) is 27.4. The largest absolute Gasteiger partial charge is 0.341 e. The number of thiophene rings is 1. The minimum atomic E-state index is -0.208. The van der Waals surface area contributed by atoms with Crippen LogP contribution in [0.25, 0.3) is 15.7 Å². The number of hydrogen-bond acceptors (Lipinski definition) is 4. The van der Waals surface area contributed by atoms with Crippen LogP contribution in [0.1, 0.15) is 26.1 Å². The fraction of sp³-hybridized carbons (Fsp3) is 0.500. The van der Waals surface area contributed by atoms with Crippen molar-refractivity contribution in [2.24, 2.45) is 11.8 Å². The van der Waals surface area contributed by atoms with Gasteiger partial charge in [0.1, 0.15) is 17.9 Å². The molecule has 3 aromatic heterocycles. The van der Waals surface area contributed by atoms with Crippen molar-refractivity contribution in [2.75, 3.05) is 13.1 Å². The molecular formula is C18H22N4O2S. The van der Waals surface area contributed by atoms with Gasteiger partial charge in [-0.15, -0.1) is 11.3 Å². The van der Waals surface area contributed by atoms with Crippen LogP contribution < -0.4 is 5.56 Å². The fourth-order valence-electron chi connectivity index (χ4n) is 4.03. The molecule has 0 aromatic carbocycles. The zero-order valence-corrected chi connectivity index (χ0v) is 15.5. The molecule has 1 aliphatic heterocycles. The van der Waals surface area contributed by atoms with Crippen LogP contribution in [0.3, 0.4) is 0 Å². The monoisotopic (exact) mass is 358 g/mol. The minimum absolute atomic E-state index is 0.00838. The summed E-state index contributed by atoms with van der Waals surface area (Å²) in [6.45, 7) is 7.75. The quantitative estimate of drug-likeness (QED) is 0.707. The predicted molar refractivity (Wildman–Crippen MR) is 99.1 cm³/mol. The Hall–Kier alpha value is -2.15. The maximum atomic E-state index is 12.8. The average molecular weight is 358 g/mol. The van der Waals surface area contributed by atoms with Gasteiger partial charge in [0.25, 0.3) is 5.56 Å². The molecule has 6 nitrogen and oxygen atoms in total. The summed E-state index contributed by atoms with van der Waals surface area (Å²) in [7, 11) is 0. The molecule has 0 bridgehead atoms. The van der Waals surface area contributed by atoms with E-state index in [1.54, 1.807) is 11.3 Å². The van der Waals surface area contributed by atoms with E-state index in [9.17, 15) is 9.59 Å². The molecule has 1 saturated heterocycles. The minimum Gasteiger partial charge on any atom is -0.341 e. The normalized spacial score (nSPS) is 21.3. The van der Waals surface area contributed by atoms with Crippen molar-refractivity contribution in [1.29, 1.82) is 0 Å². The molecule has 0 radical (unpaired) electrons. The molecule has 3 aromatic rings. The first-order valence-electron chi connectivity index (χ1n) is 8.68. The molecule has 2 atom stereocenters. The summed E-state index contributed by atoms with van der Waals surface area (Å²) in [6.07, 6.45) is 1.15. The molecule has 0 saturated carbocycles. The van der Waals surface area contributed by atoms with E-state index in [1.807, 2.05) is 33.7 Å². The van der Waals surface area contributed by atoms with E-state index in [4.69, 9.17) is 0 Å². The third kappa shape index (κ3) is 2.76. The summed E-state index contributed by atoms with van der Waals surface area (Å²) in [6, 6.07) is 3.89. The number of carbonyl (C=O) groups excluding carboxylic acids is 1. The Bertz CT molecular complexity index is 1010. The van der Waals surface area contributed by atoms with Crippen molar-refractivity contribution in [1.82, 2.24) is 19.1 Å². The maximum absolute atomic E-state index is 12.8. The molecule has 1 fully saturated rings. The standard InChI is InChI=1S/C18H22N4O2S/c1-11-6-12(2)9-20(8-11)17(23)10-21-18(24)15-7-16-14(4-5-25-16)22(15)13(3)19-21/h4-5,7,11-12H,6,8-10H2,1-3H3/t11-,12+. The Morgan fingerprint density at radius 3 is 2.72 bits per heavy atom. The Balaban J connectivity index is 1.68. The van der Waals surface area contributed by atoms with Gasteiger partial charge in [-0.1, -0.05) is 13.8 Å². The SMILES string of the molecule is Cc1nn(CC(=O)N2C[C@H](C)C[C@H](C)C2)c(=O)c2cc3sccc3n12. The number of aromatic nitrogens is 3. The second-order valence-electron chi connectivity index (χ2n) is 7.29. The Morgan fingerprint density at radius 1 is 1.28 bits per heavy atom. The van der Waals surface area contributed by atoms with Crippen LogP contribution in [0, 0.1) is 18.8 Å². The number of rotatable bonds is 2. The highest BCUT2D eigenvalue weighted by molar-refractivity contribution is 7.17. The lowest BCUT2D eigenvalue weighted by Crippen LogP contribution is -2.45. The summed E-state index contributed by atoms with van der Waals surface area (Å²) in [5.74, 6) is 1.69. The number of nitrogens with zero attached hydrogens (tertiary/aromatic N) is 4. The van der Waals surface area contributed by atoms with Crippen molar-refractivity contribution < 1.29 is 4.79 Å². The molecule has 7 heteroatoms. The zero-order valence-electron chi connectivity index (χ0n) is 14.7. The zero-order chi connectivity index (χ0) is 17.7. The van der Waals surface area contributed by atoms with Crippen molar-refractivity contribution >= 4 is 33.0 Å². The van der Waals surface area contributed by atoms with Crippen LogP contribution in [0.2, 0.25) is 0 Å². The van der Waals surface area contributed by atoms with E-state index in [-0.39, 0.29) is 18.0 Å². The van der Waals surface area contributed by atoms with Gasteiger partial charge in [-0.05, 0) is 42.7 Å². The highest BCUT2D eigenvalue weighted by Gasteiger charge is 2.26. The van der Waals surface area contributed by atoms with Gasteiger partial charge in [0, 0.05) is 13.1 Å². The summed E-state index contributed by atoms with van der Waals surface area (Å²) in [5.41, 5.74) is 1.38. The molecule has 25 heavy (non-hydrogen) atoms. The van der Waals surface area contributed by atoms with Crippen molar-refractivity contribution in [3.8, 4) is 0 Å². The molecule has 0 N–H and O–H groups in total. The van der Waals surface area contributed by atoms with Crippen molar-refractivity contribution in [2.45, 2.75) is 33.7 Å². The lowest BCUT2D eigenvalue weighted by molar-refractivity contribution is -0.134. The van der Waals surface area contributed by atoms with Gasteiger partial charge in [-0.2, -0.15) is 5.10 Å². The Kier molecular flexibility index (Phi) is 3.91. The Morgan fingerprint density at radius 2 is 2.00 bits per heavy atom. The van der Waals surface area contributed by atoms with E-state index in [0.29, 0.717) is 17.4 Å². The smallest absolute Gasteiger partial charge is 0.291 e. The second-order valence-corrected chi connectivity index (χ2v) is 8.24. The van der Waals surface area contributed by atoms with Crippen LogP contribution >= 0.6 is 11.3 Å². The fourth-order valence-corrected chi connectivity index (χ4v) is 4.83. The number of carbonyl (C=O) groups is 1. The van der Waals surface area contributed by atoms with Crippen LogP contribution in [0.5, 0.6) is 0 Å². The molecule has 0 aliphatic carbocycles. The van der Waals surface area contributed by atoms with E-state index in [2.05, 4.69) is 18.9 Å². The molecule has 1 aliphatic rings. The lowest BCUT2D eigenvalue weighted by Gasteiger charge is -2.35. The first kappa shape index (κ1) is 16.3. The average Bonchev–Trinajstić information content (AvgIpc) is 3.12. The number of amides is 1. The van der Waals surface area contributed by atoms with Crippen LogP contribution in [0.4, 0.5) is 0 Å². The third-order valence-corrected chi connectivity index (χ3v) is 5.83. The molecular weight excluding hydrogens is 336 g/mol. The summed E-state index contributed by atoms with van der Waals surface area (Å²) < 4.78 is 4.26. The third-order valence-electron chi connectivity index (χ3n) is 4.97. The van der Waals surface area contributed by atoms with E-state index in [0.717, 1.165) is 35.6 Å². The highest BCUT2D eigenvalue weighted by atomic mass is 32.1. The summed E-state index contributed by atoms with van der Waals surface area (Å²) in [5, 5.41) is 6.40. The highest BCUT2D eigenvalue weighted by Crippen LogP contribution is 2.24. The van der Waals surface area contributed by atoms with Crippen LogP contribution in [-0.2, 0) is 11.3 Å². The van der Waals surface area contributed by atoms with Gasteiger partial charge < -0.3 is 4.90 Å². The van der Waals surface area contributed by atoms with Crippen LogP contribution in [-0.4, -0.2) is 38.1 Å². The number of likely N-dealkylation sites (tertiary alicyclic amines) is 1. The molecule has 4 heterocycles. The van der Waals surface area contributed by atoms with E-state index < -0.39 is 0 Å². The first-order valence-corrected chi connectivity index (χ1v) is 9.56. The number of hydrogen-bond donors (Lipinski definition) is 0. The van der Waals surface area contributed by atoms with Gasteiger partial charge in [-0.25, -0.2) is 4.68 Å². The van der Waals surface area contributed by atoms with Gasteiger partial charge >= 0.3 is 0 Å². The van der Waals surface area contributed by atoms with Gasteiger partial charge in [0.05, 0.1) is 10.2 Å². The number of fused-ring (bicyclic) bond motifs is 3. The van der Waals surface area contributed by atoms with Crippen LogP contribution in [0.15, 0.2) is 22.3 Å². The topological polar surface area (TPSA) is 59.6 Å². The van der Waals surface area contributed by atoms with E-state index >= 15 is 0 Å². The molecule has 1 amide bonds. The van der Waals surface area contributed by atoms with Crippen molar-refractivity contribution in [3.05, 3.63) is 33.7 Å². The first-order chi connectivity index (χ1) is 11.9.